The van der Waals surface area contributed by atoms with Gasteiger partial charge in [-0.2, -0.15) is 0 Å². The van der Waals surface area contributed by atoms with Gasteiger partial charge >= 0.3 is 5.97 Å². The van der Waals surface area contributed by atoms with Crippen molar-refractivity contribution in [1.82, 2.24) is 15.0 Å². The van der Waals surface area contributed by atoms with Crippen LogP contribution in [0.15, 0.2) is 66.9 Å². The number of benzene rings is 2. The fourth-order valence-corrected chi connectivity index (χ4v) is 3.02. The van der Waals surface area contributed by atoms with Crippen LogP contribution in [0.4, 0.5) is 5.69 Å². The molecule has 160 valence electrons. The molecule has 3 aromatic rings. The SMILES string of the molecule is CC[C@H](C)c1ccccc1NC(=O)COC(=O)/C=C/c1cn(Cc2ccccc2)nn1. The van der Waals surface area contributed by atoms with Crippen LogP contribution < -0.4 is 5.32 Å². The van der Waals surface area contributed by atoms with Crippen molar-refractivity contribution in [3.8, 4) is 0 Å². The van der Waals surface area contributed by atoms with Gasteiger partial charge in [-0.05, 0) is 35.6 Å². The first-order valence-electron chi connectivity index (χ1n) is 10.2. The molecular formula is C24H26N4O3. The average molecular weight is 418 g/mol. The van der Waals surface area contributed by atoms with Gasteiger partial charge < -0.3 is 10.1 Å². The molecule has 0 aliphatic carbocycles. The number of para-hydroxylation sites is 1. The fourth-order valence-electron chi connectivity index (χ4n) is 3.02. The van der Waals surface area contributed by atoms with E-state index in [4.69, 9.17) is 4.74 Å². The lowest BCUT2D eigenvalue weighted by Crippen LogP contribution is -2.21. The molecule has 0 saturated heterocycles. The standard InChI is InChI=1S/C24H26N4O3/c1-3-18(2)21-11-7-8-12-22(21)25-23(29)17-31-24(30)14-13-20-16-28(27-26-20)15-19-9-5-4-6-10-19/h4-14,16,18H,3,15,17H2,1-2H3,(H,25,29)/b14-13+/t18-/m0/s1. The number of nitrogens with one attached hydrogen (secondary N) is 1. The number of hydrogen-bond acceptors (Lipinski definition) is 5. The minimum atomic E-state index is -0.622. The Labute approximate surface area is 181 Å². The highest BCUT2D eigenvalue weighted by molar-refractivity contribution is 5.95. The predicted molar refractivity (Wildman–Crippen MR) is 119 cm³/mol. The molecule has 0 radical (unpaired) electrons. The second-order valence-corrected chi connectivity index (χ2v) is 7.21. The van der Waals surface area contributed by atoms with Crippen LogP contribution in [-0.2, 0) is 20.9 Å². The Kier molecular flexibility index (Phi) is 7.70. The zero-order valence-corrected chi connectivity index (χ0v) is 17.7. The molecular weight excluding hydrogens is 392 g/mol. The third-order valence-electron chi connectivity index (χ3n) is 4.86. The second-order valence-electron chi connectivity index (χ2n) is 7.21. The van der Waals surface area contributed by atoms with Crippen LogP contribution in [0, 0.1) is 0 Å². The number of hydrogen-bond donors (Lipinski definition) is 1. The van der Waals surface area contributed by atoms with Crippen molar-refractivity contribution in [3.05, 3.63) is 83.7 Å². The molecule has 2 aromatic carbocycles. The largest absolute Gasteiger partial charge is 0.452 e. The first-order chi connectivity index (χ1) is 15.0. The van der Waals surface area contributed by atoms with E-state index in [9.17, 15) is 9.59 Å². The molecule has 0 unspecified atom stereocenters. The molecule has 7 heteroatoms. The average Bonchev–Trinajstić information content (AvgIpc) is 3.24. The second kappa shape index (κ2) is 10.9. The van der Waals surface area contributed by atoms with E-state index in [2.05, 4.69) is 29.5 Å². The quantitative estimate of drug-likeness (QED) is 0.419. The van der Waals surface area contributed by atoms with E-state index in [1.807, 2.05) is 54.6 Å². The first kappa shape index (κ1) is 22.0. The van der Waals surface area contributed by atoms with Crippen LogP contribution in [-0.4, -0.2) is 33.5 Å². The highest BCUT2D eigenvalue weighted by Crippen LogP contribution is 2.26. The highest BCUT2D eigenvalue weighted by Gasteiger charge is 2.12. The summed E-state index contributed by atoms with van der Waals surface area (Å²) in [4.78, 5) is 24.1. The predicted octanol–water partition coefficient (Wildman–Crippen LogP) is 4.04. The lowest BCUT2D eigenvalue weighted by molar-refractivity contribution is -0.142. The van der Waals surface area contributed by atoms with E-state index in [0.29, 0.717) is 18.2 Å². The normalized spacial score (nSPS) is 11.9. The van der Waals surface area contributed by atoms with Gasteiger partial charge in [-0.25, -0.2) is 9.48 Å². The minimum Gasteiger partial charge on any atom is -0.452 e. The van der Waals surface area contributed by atoms with Gasteiger partial charge in [0.05, 0.1) is 12.7 Å². The molecule has 7 nitrogen and oxygen atoms in total. The molecule has 1 amide bonds. The van der Waals surface area contributed by atoms with Crippen LogP contribution in [0.5, 0.6) is 0 Å². The van der Waals surface area contributed by atoms with Crippen LogP contribution >= 0.6 is 0 Å². The number of anilines is 1. The maximum Gasteiger partial charge on any atom is 0.331 e. The van der Waals surface area contributed by atoms with Gasteiger partial charge in [0.25, 0.3) is 5.91 Å². The van der Waals surface area contributed by atoms with Crippen LogP contribution in [0.25, 0.3) is 6.08 Å². The zero-order chi connectivity index (χ0) is 22.1. The fraction of sp³-hybridized carbons (Fsp3) is 0.250. The molecule has 31 heavy (non-hydrogen) atoms. The van der Waals surface area contributed by atoms with Gasteiger partial charge in [0.2, 0.25) is 0 Å². The topological polar surface area (TPSA) is 86.1 Å². The highest BCUT2D eigenvalue weighted by atomic mass is 16.5. The summed E-state index contributed by atoms with van der Waals surface area (Å²) in [6.45, 7) is 4.42. The smallest absolute Gasteiger partial charge is 0.331 e. The van der Waals surface area contributed by atoms with Crippen molar-refractivity contribution >= 4 is 23.6 Å². The lowest BCUT2D eigenvalue weighted by atomic mass is 9.97. The molecule has 1 aromatic heterocycles. The summed E-state index contributed by atoms with van der Waals surface area (Å²) < 4.78 is 6.72. The van der Waals surface area contributed by atoms with Crippen molar-refractivity contribution in [2.75, 3.05) is 11.9 Å². The Morgan fingerprint density at radius 1 is 1.13 bits per heavy atom. The summed E-state index contributed by atoms with van der Waals surface area (Å²) in [6.07, 6.45) is 5.43. The third-order valence-corrected chi connectivity index (χ3v) is 4.86. The maximum atomic E-state index is 12.2. The molecule has 1 N–H and O–H groups in total. The summed E-state index contributed by atoms with van der Waals surface area (Å²) in [5.74, 6) is -0.688. The molecule has 0 aliphatic heterocycles. The van der Waals surface area contributed by atoms with E-state index in [0.717, 1.165) is 23.2 Å². The first-order valence-corrected chi connectivity index (χ1v) is 10.2. The molecule has 0 spiro atoms. The molecule has 0 saturated carbocycles. The van der Waals surface area contributed by atoms with Crippen LogP contribution in [0.3, 0.4) is 0 Å². The van der Waals surface area contributed by atoms with Crippen molar-refractivity contribution in [3.63, 3.8) is 0 Å². The Bertz CT molecular complexity index is 1040. The summed E-state index contributed by atoms with van der Waals surface area (Å²) in [5.41, 5.74) is 3.43. The molecule has 3 rings (SSSR count). The van der Waals surface area contributed by atoms with Crippen LogP contribution in [0.1, 0.15) is 43.0 Å². The van der Waals surface area contributed by atoms with Crippen molar-refractivity contribution in [2.24, 2.45) is 0 Å². The number of amides is 1. The monoisotopic (exact) mass is 418 g/mol. The molecule has 0 bridgehead atoms. The molecule has 0 fully saturated rings. The number of carbonyl (C=O) groups excluding carboxylic acids is 2. The van der Waals surface area contributed by atoms with Gasteiger partial charge in [0, 0.05) is 11.8 Å². The van der Waals surface area contributed by atoms with E-state index >= 15 is 0 Å². The number of rotatable bonds is 9. The minimum absolute atomic E-state index is 0.317. The molecule has 0 aliphatic rings. The van der Waals surface area contributed by atoms with E-state index in [1.165, 1.54) is 12.2 Å². The van der Waals surface area contributed by atoms with Gasteiger partial charge in [-0.3, -0.25) is 4.79 Å². The van der Waals surface area contributed by atoms with Gasteiger partial charge in [0.1, 0.15) is 5.69 Å². The van der Waals surface area contributed by atoms with Crippen molar-refractivity contribution < 1.29 is 14.3 Å². The van der Waals surface area contributed by atoms with Crippen molar-refractivity contribution in [2.45, 2.75) is 32.7 Å². The number of nitrogens with zero attached hydrogens (tertiary/aromatic N) is 3. The summed E-state index contributed by atoms with van der Waals surface area (Å²) >= 11 is 0. The number of aromatic nitrogens is 3. The Balaban J connectivity index is 1.48. The summed E-state index contributed by atoms with van der Waals surface area (Å²) in [5, 5.41) is 10.9. The lowest BCUT2D eigenvalue weighted by Gasteiger charge is -2.15. The van der Waals surface area contributed by atoms with Gasteiger partial charge in [0.15, 0.2) is 6.61 Å². The van der Waals surface area contributed by atoms with Gasteiger partial charge in [-0.15, -0.1) is 5.10 Å². The van der Waals surface area contributed by atoms with E-state index < -0.39 is 5.97 Å². The van der Waals surface area contributed by atoms with E-state index in [-0.39, 0.29) is 12.5 Å². The third kappa shape index (κ3) is 6.64. The summed E-state index contributed by atoms with van der Waals surface area (Å²) in [6, 6.07) is 17.5. The van der Waals surface area contributed by atoms with E-state index in [1.54, 1.807) is 10.9 Å². The van der Waals surface area contributed by atoms with Crippen LogP contribution in [0.2, 0.25) is 0 Å². The number of carbonyl (C=O) groups is 2. The molecule has 1 atom stereocenters. The maximum absolute atomic E-state index is 12.2. The Hall–Kier alpha value is -3.74. The summed E-state index contributed by atoms with van der Waals surface area (Å²) in [7, 11) is 0. The Morgan fingerprint density at radius 3 is 2.65 bits per heavy atom. The van der Waals surface area contributed by atoms with Gasteiger partial charge in [-0.1, -0.05) is 67.6 Å². The Morgan fingerprint density at radius 2 is 1.87 bits per heavy atom. The van der Waals surface area contributed by atoms with Crippen molar-refractivity contribution in [1.29, 1.82) is 0 Å². The zero-order valence-electron chi connectivity index (χ0n) is 17.7. The number of esters is 1. The number of ether oxygens (including phenoxy) is 1. The molecule has 1 heterocycles.